The zero-order valence-corrected chi connectivity index (χ0v) is 20.7. The standard InChI is InChI=1S/C32H24N2O4/c1-38-24-14-11-21(12-15-24)30(35)29-27-26(28-25-9-5-4-7-20(25)16-17-33(28)29)31(36)34(32(27)37)23-13-10-19-6-2-3-8-22(19)18-23/h2-18,26-29H,1H3/t26-,27-,28+,29+/m1/s1. The lowest BCUT2D eigenvalue weighted by Gasteiger charge is -2.35. The van der Waals surface area contributed by atoms with Crippen molar-refractivity contribution >= 4 is 40.1 Å². The van der Waals surface area contributed by atoms with Crippen LogP contribution in [0, 0.1) is 11.8 Å². The molecule has 6 nitrogen and oxygen atoms in total. The van der Waals surface area contributed by atoms with E-state index in [1.54, 1.807) is 31.4 Å². The number of ketones is 1. The third-order valence-electron chi connectivity index (χ3n) is 8.10. The maximum Gasteiger partial charge on any atom is 0.240 e. The van der Waals surface area contributed by atoms with Gasteiger partial charge in [0.05, 0.1) is 30.7 Å². The Morgan fingerprint density at radius 3 is 2.29 bits per heavy atom. The van der Waals surface area contributed by atoms with Gasteiger partial charge in [-0.15, -0.1) is 0 Å². The number of ether oxygens (including phenoxy) is 1. The number of nitrogens with zero attached hydrogens (tertiary/aromatic N) is 2. The van der Waals surface area contributed by atoms with Gasteiger partial charge in [-0.3, -0.25) is 14.4 Å². The highest BCUT2D eigenvalue weighted by atomic mass is 16.5. The van der Waals surface area contributed by atoms with E-state index in [0.717, 1.165) is 21.9 Å². The van der Waals surface area contributed by atoms with Crippen molar-refractivity contribution in [3.8, 4) is 5.75 Å². The Balaban J connectivity index is 1.35. The van der Waals surface area contributed by atoms with Gasteiger partial charge in [0.15, 0.2) is 5.78 Å². The molecule has 2 fully saturated rings. The molecule has 4 atom stereocenters. The summed E-state index contributed by atoms with van der Waals surface area (Å²) in [6.45, 7) is 0. The molecular weight excluding hydrogens is 476 g/mol. The van der Waals surface area contributed by atoms with Gasteiger partial charge in [0.25, 0.3) is 0 Å². The quantitative estimate of drug-likeness (QED) is 0.283. The van der Waals surface area contributed by atoms with Crippen LogP contribution in [-0.4, -0.2) is 35.6 Å². The van der Waals surface area contributed by atoms with E-state index in [2.05, 4.69) is 0 Å². The lowest BCUT2D eigenvalue weighted by molar-refractivity contribution is -0.123. The fourth-order valence-corrected chi connectivity index (χ4v) is 6.35. The van der Waals surface area contributed by atoms with Crippen molar-refractivity contribution in [2.75, 3.05) is 12.0 Å². The Morgan fingerprint density at radius 2 is 1.50 bits per heavy atom. The van der Waals surface area contributed by atoms with Gasteiger partial charge in [0, 0.05) is 11.8 Å². The fourth-order valence-electron chi connectivity index (χ4n) is 6.35. The minimum absolute atomic E-state index is 0.185. The molecule has 7 rings (SSSR count). The van der Waals surface area contributed by atoms with Gasteiger partial charge in [-0.1, -0.05) is 54.6 Å². The first-order valence-electron chi connectivity index (χ1n) is 12.7. The normalized spacial score (nSPS) is 23.4. The van der Waals surface area contributed by atoms with Gasteiger partial charge in [-0.25, -0.2) is 4.90 Å². The van der Waals surface area contributed by atoms with Crippen molar-refractivity contribution in [2.45, 2.75) is 12.1 Å². The summed E-state index contributed by atoms with van der Waals surface area (Å²) in [7, 11) is 1.57. The summed E-state index contributed by atoms with van der Waals surface area (Å²) < 4.78 is 5.26. The van der Waals surface area contributed by atoms with E-state index in [4.69, 9.17) is 4.74 Å². The molecule has 0 unspecified atom stereocenters. The number of amides is 2. The number of benzene rings is 4. The number of fused-ring (bicyclic) bond motifs is 6. The van der Waals surface area contributed by atoms with Crippen LogP contribution in [0.5, 0.6) is 5.75 Å². The van der Waals surface area contributed by atoms with Gasteiger partial charge in [-0.2, -0.15) is 0 Å². The van der Waals surface area contributed by atoms with Crippen molar-refractivity contribution in [3.63, 3.8) is 0 Å². The summed E-state index contributed by atoms with van der Waals surface area (Å²) in [6.07, 6.45) is 3.83. The maximum absolute atomic E-state index is 14.1. The molecule has 3 heterocycles. The number of carbonyl (C=O) groups is 3. The molecule has 0 N–H and O–H groups in total. The lowest BCUT2D eigenvalue weighted by atomic mass is 9.83. The molecule has 186 valence electrons. The lowest BCUT2D eigenvalue weighted by Crippen LogP contribution is -2.44. The van der Waals surface area contributed by atoms with Crippen LogP contribution in [0.3, 0.4) is 0 Å². The van der Waals surface area contributed by atoms with Gasteiger partial charge in [-0.05, 0) is 64.4 Å². The van der Waals surface area contributed by atoms with Crippen molar-refractivity contribution in [3.05, 3.63) is 114 Å². The van der Waals surface area contributed by atoms with Crippen LogP contribution in [0.4, 0.5) is 5.69 Å². The molecular formula is C32H24N2O4. The summed E-state index contributed by atoms with van der Waals surface area (Å²) in [5, 5.41) is 1.97. The van der Waals surface area contributed by atoms with Crippen molar-refractivity contribution in [1.82, 2.24) is 4.90 Å². The predicted molar refractivity (Wildman–Crippen MR) is 145 cm³/mol. The second-order valence-corrected chi connectivity index (χ2v) is 9.97. The Morgan fingerprint density at radius 1 is 0.789 bits per heavy atom. The van der Waals surface area contributed by atoms with Crippen LogP contribution < -0.4 is 9.64 Å². The molecule has 0 radical (unpaired) electrons. The highest BCUT2D eigenvalue weighted by Gasteiger charge is 2.64. The Bertz CT molecular complexity index is 1660. The second-order valence-electron chi connectivity index (χ2n) is 9.97. The number of imide groups is 1. The van der Waals surface area contributed by atoms with Crippen LogP contribution in [-0.2, 0) is 9.59 Å². The van der Waals surface area contributed by atoms with Crippen molar-refractivity contribution in [2.24, 2.45) is 11.8 Å². The molecule has 0 saturated carbocycles. The third kappa shape index (κ3) is 3.16. The third-order valence-corrected chi connectivity index (χ3v) is 8.10. The summed E-state index contributed by atoms with van der Waals surface area (Å²) in [6, 6.07) is 27.0. The molecule has 2 saturated heterocycles. The van der Waals surface area contributed by atoms with E-state index >= 15 is 0 Å². The van der Waals surface area contributed by atoms with Gasteiger partial charge >= 0.3 is 0 Å². The first-order chi connectivity index (χ1) is 18.6. The van der Waals surface area contributed by atoms with E-state index in [1.807, 2.05) is 83.9 Å². The Kier molecular flexibility index (Phi) is 4.98. The topological polar surface area (TPSA) is 66.9 Å². The number of hydrogen-bond donors (Lipinski definition) is 0. The van der Waals surface area contributed by atoms with Crippen molar-refractivity contribution in [1.29, 1.82) is 0 Å². The molecule has 6 heteroatoms. The zero-order valence-electron chi connectivity index (χ0n) is 20.7. The van der Waals surface area contributed by atoms with Gasteiger partial charge in [0.2, 0.25) is 11.8 Å². The SMILES string of the molecule is COc1ccc(C(=O)[C@@H]2[C@@H]3C(=O)N(c4ccc5ccccc5c4)C(=O)[C@H]3[C@@H]3c4ccccc4C=CN23)cc1. The van der Waals surface area contributed by atoms with E-state index in [0.29, 0.717) is 17.0 Å². The van der Waals surface area contributed by atoms with Crippen LogP contribution >= 0.6 is 0 Å². The minimum Gasteiger partial charge on any atom is -0.497 e. The van der Waals surface area contributed by atoms with Crippen LogP contribution in [0.25, 0.3) is 16.8 Å². The molecule has 4 aromatic rings. The molecule has 0 spiro atoms. The number of rotatable bonds is 4. The van der Waals surface area contributed by atoms with E-state index in [9.17, 15) is 14.4 Å². The molecule has 0 aromatic heterocycles. The van der Waals surface area contributed by atoms with Crippen LogP contribution in [0.15, 0.2) is 97.2 Å². The molecule has 2 amide bonds. The molecule has 0 aliphatic carbocycles. The number of anilines is 1. The largest absolute Gasteiger partial charge is 0.497 e. The predicted octanol–water partition coefficient (Wildman–Crippen LogP) is 5.25. The summed E-state index contributed by atoms with van der Waals surface area (Å²) in [5.74, 6) is -1.61. The van der Waals surface area contributed by atoms with Crippen LogP contribution in [0.2, 0.25) is 0 Å². The Labute approximate surface area is 219 Å². The van der Waals surface area contributed by atoms with E-state index in [1.165, 1.54) is 4.90 Å². The summed E-state index contributed by atoms with van der Waals surface area (Å²) >= 11 is 0. The maximum atomic E-state index is 14.1. The first kappa shape index (κ1) is 22.5. The molecule has 0 bridgehead atoms. The zero-order chi connectivity index (χ0) is 26.0. The molecule has 4 aromatic carbocycles. The molecule has 3 aliphatic heterocycles. The average molecular weight is 501 g/mol. The molecule has 38 heavy (non-hydrogen) atoms. The first-order valence-corrected chi connectivity index (χ1v) is 12.7. The van der Waals surface area contributed by atoms with Gasteiger partial charge < -0.3 is 9.64 Å². The fraction of sp³-hybridized carbons (Fsp3) is 0.156. The smallest absolute Gasteiger partial charge is 0.240 e. The second kappa shape index (κ2) is 8.42. The number of methoxy groups -OCH3 is 1. The number of hydrogen-bond acceptors (Lipinski definition) is 5. The average Bonchev–Trinajstić information content (AvgIpc) is 3.44. The van der Waals surface area contributed by atoms with Gasteiger partial charge in [0.1, 0.15) is 11.8 Å². The minimum atomic E-state index is -0.802. The van der Waals surface area contributed by atoms with E-state index in [-0.39, 0.29) is 17.6 Å². The summed E-state index contributed by atoms with van der Waals surface area (Å²) in [4.78, 5) is 45.5. The molecule has 3 aliphatic rings. The van der Waals surface area contributed by atoms with Crippen molar-refractivity contribution < 1.29 is 19.1 Å². The number of Topliss-reactive ketones (excluding diaryl/α,β-unsaturated/α-hetero) is 1. The van der Waals surface area contributed by atoms with E-state index < -0.39 is 23.9 Å². The summed E-state index contributed by atoms with van der Waals surface area (Å²) in [5.41, 5.74) is 2.97. The highest BCUT2D eigenvalue weighted by Crippen LogP contribution is 2.53. The Hall–Kier alpha value is -4.71. The highest BCUT2D eigenvalue weighted by molar-refractivity contribution is 6.25. The monoisotopic (exact) mass is 500 g/mol. The van der Waals surface area contributed by atoms with Crippen LogP contribution in [0.1, 0.15) is 27.5 Å². The number of carbonyl (C=O) groups excluding carboxylic acids is 3.